The van der Waals surface area contributed by atoms with Crippen molar-refractivity contribution in [1.82, 2.24) is 10.6 Å². The van der Waals surface area contributed by atoms with Gasteiger partial charge in [0.2, 0.25) is 0 Å². The van der Waals surface area contributed by atoms with Gasteiger partial charge in [0, 0.05) is 17.3 Å². The van der Waals surface area contributed by atoms with Crippen LogP contribution in [0, 0.1) is 5.41 Å². The maximum atomic E-state index is 11.9. The van der Waals surface area contributed by atoms with Crippen molar-refractivity contribution in [2.75, 3.05) is 12.8 Å². The van der Waals surface area contributed by atoms with Gasteiger partial charge in [-0.3, -0.25) is 4.79 Å². The van der Waals surface area contributed by atoms with Crippen LogP contribution in [0.3, 0.4) is 0 Å². The lowest BCUT2D eigenvalue weighted by molar-refractivity contribution is -0.148. The second-order valence-electron chi connectivity index (χ2n) is 5.88. The number of carbonyl (C=O) groups excluding carboxylic acids is 1. The first kappa shape index (κ1) is 14.5. The second-order valence-corrected chi connectivity index (χ2v) is 7.16. The zero-order chi connectivity index (χ0) is 14.1. The van der Waals surface area contributed by atoms with E-state index >= 15 is 0 Å². The lowest BCUT2D eigenvalue weighted by Crippen LogP contribution is -2.51. The van der Waals surface area contributed by atoms with E-state index in [0.29, 0.717) is 13.0 Å². The lowest BCUT2D eigenvalue weighted by Gasteiger charge is -2.28. The monoisotopic (exact) mass is 286 g/mol. The molecule has 0 aromatic heterocycles. The number of carboxylic acids is 1. The van der Waals surface area contributed by atoms with Crippen molar-refractivity contribution < 1.29 is 14.7 Å². The zero-order valence-electron chi connectivity index (χ0n) is 11.5. The van der Waals surface area contributed by atoms with Gasteiger partial charge in [0.25, 0.3) is 0 Å². The molecule has 0 aromatic carbocycles. The SMILES string of the molecule is CSC1(CNC(=O)NC2CCCC2(C)C(=O)O)CC1. The minimum absolute atomic E-state index is 0.225. The average molecular weight is 286 g/mol. The first-order valence-electron chi connectivity index (χ1n) is 6.75. The highest BCUT2D eigenvalue weighted by molar-refractivity contribution is 8.00. The largest absolute Gasteiger partial charge is 0.481 e. The molecule has 108 valence electrons. The normalized spacial score (nSPS) is 31.8. The van der Waals surface area contributed by atoms with Gasteiger partial charge >= 0.3 is 12.0 Å². The van der Waals surface area contributed by atoms with Crippen molar-refractivity contribution in [3.8, 4) is 0 Å². The van der Waals surface area contributed by atoms with Crippen LogP contribution in [-0.2, 0) is 4.79 Å². The minimum atomic E-state index is -0.825. The molecule has 0 spiro atoms. The molecule has 2 atom stereocenters. The Labute approximate surface area is 117 Å². The van der Waals surface area contributed by atoms with Gasteiger partial charge in [-0.2, -0.15) is 11.8 Å². The molecule has 2 saturated carbocycles. The Morgan fingerprint density at radius 1 is 1.37 bits per heavy atom. The van der Waals surface area contributed by atoms with Crippen molar-refractivity contribution in [2.45, 2.75) is 49.8 Å². The highest BCUT2D eigenvalue weighted by Gasteiger charge is 2.46. The van der Waals surface area contributed by atoms with Crippen molar-refractivity contribution in [3.63, 3.8) is 0 Å². The molecular weight excluding hydrogens is 264 g/mol. The number of hydrogen-bond donors (Lipinski definition) is 3. The minimum Gasteiger partial charge on any atom is -0.481 e. The van der Waals surface area contributed by atoms with E-state index in [1.54, 1.807) is 18.7 Å². The Morgan fingerprint density at radius 3 is 2.58 bits per heavy atom. The van der Waals surface area contributed by atoms with Crippen LogP contribution in [0.15, 0.2) is 0 Å². The molecule has 3 N–H and O–H groups in total. The molecule has 19 heavy (non-hydrogen) atoms. The van der Waals surface area contributed by atoms with E-state index in [1.165, 1.54) is 0 Å². The molecule has 0 bridgehead atoms. The van der Waals surface area contributed by atoms with Crippen LogP contribution < -0.4 is 10.6 Å². The summed E-state index contributed by atoms with van der Waals surface area (Å²) in [7, 11) is 0. The summed E-state index contributed by atoms with van der Waals surface area (Å²) in [4.78, 5) is 23.2. The number of thioether (sulfide) groups is 1. The van der Waals surface area contributed by atoms with Crippen LogP contribution in [0.2, 0.25) is 0 Å². The number of aliphatic carboxylic acids is 1. The van der Waals surface area contributed by atoms with Crippen molar-refractivity contribution >= 4 is 23.8 Å². The molecule has 0 aliphatic heterocycles. The van der Waals surface area contributed by atoms with Gasteiger partial charge in [-0.1, -0.05) is 6.42 Å². The molecule has 5 nitrogen and oxygen atoms in total. The Kier molecular flexibility index (Phi) is 3.99. The van der Waals surface area contributed by atoms with Gasteiger partial charge in [-0.15, -0.1) is 0 Å². The van der Waals surface area contributed by atoms with Crippen LogP contribution in [-0.4, -0.2) is 40.7 Å². The zero-order valence-corrected chi connectivity index (χ0v) is 12.3. The third kappa shape index (κ3) is 2.99. The van der Waals surface area contributed by atoms with Crippen molar-refractivity contribution in [2.24, 2.45) is 5.41 Å². The standard InChI is InChI=1S/C13H22N2O3S/c1-12(10(16)17)5-3-4-9(12)15-11(18)14-8-13(19-2)6-7-13/h9H,3-8H2,1-2H3,(H,16,17)(H2,14,15,18). The Balaban J connectivity index is 1.83. The van der Waals surface area contributed by atoms with Gasteiger partial charge in [0.15, 0.2) is 0 Å². The third-order valence-corrected chi connectivity index (χ3v) is 5.98. The molecule has 6 heteroatoms. The maximum Gasteiger partial charge on any atom is 0.315 e. The summed E-state index contributed by atoms with van der Waals surface area (Å²) in [6.45, 7) is 2.38. The number of urea groups is 1. The quantitative estimate of drug-likeness (QED) is 0.720. The highest BCUT2D eigenvalue weighted by atomic mass is 32.2. The van der Waals surface area contributed by atoms with Gasteiger partial charge in [-0.25, -0.2) is 4.79 Å². The van der Waals surface area contributed by atoms with E-state index in [4.69, 9.17) is 0 Å². The highest BCUT2D eigenvalue weighted by Crippen LogP contribution is 2.46. The number of rotatable bonds is 5. The van der Waals surface area contributed by atoms with Gasteiger partial charge < -0.3 is 15.7 Å². The molecule has 2 unspecified atom stereocenters. The van der Waals surface area contributed by atoms with Gasteiger partial charge in [-0.05, 0) is 38.9 Å². The van der Waals surface area contributed by atoms with Crippen molar-refractivity contribution in [3.05, 3.63) is 0 Å². The third-order valence-electron chi connectivity index (χ3n) is 4.56. The van der Waals surface area contributed by atoms with Gasteiger partial charge in [0.05, 0.1) is 5.41 Å². The first-order valence-corrected chi connectivity index (χ1v) is 7.97. The fraction of sp³-hybridized carbons (Fsp3) is 0.846. The summed E-state index contributed by atoms with van der Waals surface area (Å²) in [5, 5.41) is 15.0. The number of amides is 2. The molecule has 2 aliphatic rings. The molecule has 0 saturated heterocycles. The Bertz CT molecular complexity index is 384. The van der Waals surface area contributed by atoms with Crippen LogP contribution in [0.1, 0.15) is 39.0 Å². The molecular formula is C13H22N2O3S. The number of carboxylic acid groups (broad SMARTS) is 1. The molecule has 2 amide bonds. The molecule has 0 radical (unpaired) electrons. The van der Waals surface area contributed by atoms with Gasteiger partial charge in [0.1, 0.15) is 0 Å². The molecule has 0 heterocycles. The predicted molar refractivity (Wildman–Crippen MR) is 75.4 cm³/mol. The van der Waals surface area contributed by atoms with Crippen LogP contribution >= 0.6 is 11.8 Å². The first-order chi connectivity index (χ1) is 8.92. The van der Waals surface area contributed by atoms with Crippen LogP contribution in [0.25, 0.3) is 0 Å². The van der Waals surface area contributed by atoms with Crippen LogP contribution in [0.5, 0.6) is 0 Å². The fourth-order valence-electron chi connectivity index (χ4n) is 2.70. The number of hydrogen-bond acceptors (Lipinski definition) is 3. The van der Waals surface area contributed by atoms with E-state index in [2.05, 4.69) is 16.9 Å². The van der Waals surface area contributed by atoms with E-state index < -0.39 is 11.4 Å². The molecule has 0 aromatic rings. The fourth-order valence-corrected chi connectivity index (χ4v) is 3.42. The summed E-state index contributed by atoms with van der Waals surface area (Å²) in [5.74, 6) is -0.821. The van der Waals surface area contributed by atoms with E-state index in [0.717, 1.165) is 25.7 Å². The van der Waals surface area contributed by atoms with E-state index in [-0.39, 0.29) is 16.8 Å². The average Bonchev–Trinajstić information content (AvgIpc) is 3.07. The second kappa shape index (κ2) is 5.23. The molecule has 2 rings (SSSR count). The summed E-state index contributed by atoms with van der Waals surface area (Å²) in [5.41, 5.74) is -0.825. The van der Waals surface area contributed by atoms with Crippen LogP contribution in [0.4, 0.5) is 4.79 Å². The number of carbonyl (C=O) groups is 2. The Hall–Kier alpha value is -0.910. The predicted octanol–water partition coefficient (Wildman–Crippen LogP) is 1.82. The van der Waals surface area contributed by atoms with E-state index in [1.807, 2.05) is 0 Å². The summed E-state index contributed by atoms with van der Waals surface area (Å²) < 4.78 is 0.225. The number of nitrogens with one attached hydrogen (secondary N) is 2. The molecule has 2 aliphatic carbocycles. The van der Waals surface area contributed by atoms with E-state index in [9.17, 15) is 14.7 Å². The Morgan fingerprint density at radius 2 is 2.05 bits per heavy atom. The topological polar surface area (TPSA) is 78.4 Å². The summed E-state index contributed by atoms with van der Waals surface area (Å²) >= 11 is 1.79. The smallest absolute Gasteiger partial charge is 0.315 e. The lowest BCUT2D eigenvalue weighted by atomic mass is 9.85. The van der Waals surface area contributed by atoms with Crippen molar-refractivity contribution in [1.29, 1.82) is 0 Å². The summed E-state index contributed by atoms with van der Waals surface area (Å²) in [6.07, 6.45) is 6.56. The summed E-state index contributed by atoms with van der Waals surface area (Å²) in [6, 6.07) is -0.505. The maximum absolute atomic E-state index is 11.9. The molecule has 2 fully saturated rings.